The summed E-state index contributed by atoms with van der Waals surface area (Å²) in [6.07, 6.45) is 7.45. The maximum atomic E-state index is 11.9. The number of hydrogen-bond donors (Lipinski definition) is 1. The van der Waals surface area contributed by atoms with Gasteiger partial charge in [0.2, 0.25) is 5.91 Å². The summed E-state index contributed by atoms with van der Waals surface area (Å²) < 4.78 is 1.70. The maximum absolute atomic E-state index is 11.9. The highest BCUT2D eigenvalue weighted by Crippen LogP contribution is 2.12. The number of carbonyl (C=O) groups excluding carboxylic acids is 1. The fraction of sp³-hybridized carbons (Fsp3) is 0.235. The van der Waals surface area contributed by atoms with Gasteiger partial charge >= 0.3 is 0 Å². The van der Waals surface area contributed by atoms with Gasteiger partial charge in [-0.3, -0.25) is 4.79 Å². The summed E-state index contributed by atoms with van der Waals surface area (Å²) in [4.78, 5) is 16.2. The smallest absolute Gasteiger partial charge is 0.220 e. The standard InChI is InChI=1S/C17H17ClN4O/c18-15-7-5-13(6-8-15)3-1-4-16(23)20-11-14-12-21-22-10-2-9-19-17(14)22/h2,5-10,12H,1,3-4,11H2,(H,20,23). The van der Waals surface area contributed by atoms with Gasteiger partial charge in [0.1, 0.15) is 0 Å². The van der Waals surface area contributed by atoms with E-state index >= 15 is 0 Å². The molecule has 1 N–H and O–H groups in total. The third-order valence-electron chi connectivity index (χ3n) is 3.61. The van der Waals surface area contributed by atoms with Crippen molar-refractivity contribution in [3.63, 3.8) is 0 Å². The first-order chi connectivity index (χ1) is 11.2. The van der Waals surface area contributed by atoms with Crippen LogP contribution in [0.5, 0.6) is 0 Å². The van der Waals surface area contributed by atoms with Crippen LogP contribution in [0.1, 0.15) is 24.0 Å². The van der Waals surface area contributed by atoms with Crippen LogP contribution in [0.2, 0.25) is 5.02 Å². The molecular formula is C17H17ClN4O. The molecule has 3 aromatic rings. The summed E-state index contributed by atoms with van der Waals surface area (Å²) in [7, 11) is 0. The number of fused-ring (bicyclic) bond motifs is 1. The largest absolute Gasteiger partial charge is 0.352 e. The third kappa shape index (κ3) is 4.07. The molecule has 0 unspecified atom stereocenters. The Morgan fingerprint density at radius 2 is 2.09 bits per heavy atom. The van der Waals surface area contributed by atoms with Crippen molar-refractivity contribution in [3.05, 3.63) is 65.1 Å². The van der Waals surface area contributed by atoms with Crippen LogP contribution in [0.25, 0.3) is 5.65 Å². The molecule has 1 amide bonds. The average Bonchev–Trinajstić information content (AvgIpc) is 2.98. The molecule has 0 aliphatic rings. The molecule has 0 radical (unpaired) electrons. The predicted octanol–water partition coefficient (Wildman–Crippen LogP) is 3.02. The minimum absolute atomic E-state index is 0.0363. The van der Waals surface area contributed by atoms with E-state index in [1.165, 1.54) is 5.56 Å². The molecule has 0 spiro atoms. The molecule has 23 heavy (non-hydrogen) atoms. The predicted molar refractivity (Wildman–Crippen MR) is 89.2 cm³/mol. The van der Waals surface area contributed by atoms with Crippen LogP contribution < -0.4 is 5.32 Å². The van der Waals surface area contributed by atoms with E-state index in [9.17, 15) is 4.79 Å². The Balaban J connectivity index is 1.45. The van der Waals surface area contributed by atoms with Crippen molar-refractivity contribution in [2.45, 2.75) is 25.8 Å². The molecule has 0 fully saturated rings. The van der Waals surface area contributed by atoms with Gasteiger partial charge in [-0.2, -0.15) is 5.10 Å². The summed E-state index contributed by atoms with van der Waals surface area (Å²) in [6, 6.07) is 9.54. The topological polar surface area (TPSA) is 59.3 Å². The van der Waals surface area contributed by atoms with Crippen LogP contribution in [0.15, 0.2) is 48.9 Å². The molecule has 5 nitrogen and oxygen atoms in total. The lowest BCUT2D eigenvalue weighted by Crippen LogP contribution is -2.22. The Hall–Kier alpha value is -2.40. The van der Waals surface area contributed by atoms with Crippen LogP contribution in [-0.2, 0) is 17.8 Å². The van der Waals surface area contributed by atoms with Gasteiger partial charge in [0.05, 0.1) is 6.20 Å². The number of benzene rings is 1. The van der Waals surface area contributed by atoms with E-state index in [4.69, 9.17) is 11.6 Å². The SMILES string of the molecule is O=C(CCCc1ccc(Cl)cc1)NCc1cnn2cccnc12. The molecule has 118 valence electrons. The fourth-order valence-electron chi connectivity index (χ4n) is 2.39. The van der Waals surface area contributed by atoms with Gasteiger partial charge in [0.15, 0.2) is 5.65 Å². The number of aromatic nitrogens is 3. The second kappa shape index (κ2) is 7.24. The second-order valence-corrected chi connectivity index (χ2v) is 5.75. The first kappa shape index (κ1) is 15.5. The molecule has 0 bridgehead atoms. The van der Waals surface area contributed by atoms with Gasteiger partial charge in [0.25, 0.3) is 0 Å². The minimum atomic E-state index is 0.0363. The van der Waals surface area contributed by atoms with Crippen molar-refractivity contribution in [2.75, 3.05) is 0 Å². The van der Waals surface area contributed by atoms with Crippen molar-refractivity contribution < 1.29 is 4.79 Å². The van der Waals surface area contributed by atoms with Crippen LogP contribution in [-0.4, -0.2) is 20.5 Å². The van der Waals surface area contributed by atoms with Crippen LogP contribution in [0, 0.1) is 0 Å². The number of aryl methyl sites for hydroxylation is 1. The van der Waals surface area contributed by atoms with E-state index in [-0.39, 0.29) is 5.91 Å². The van der Waals surface area contributed by atoms with Crippen molar-refractivity contribution >= 4 is 23.2 Å². The van der Waals surface area contributed by atoms with E-state index in [0.29, 0.717) is 13.0 Å². The molecule has 0 aliphatic carbocycles. The van der Waals surface area contributed by atoms with Crippen LogP contribution in [0.4, 0.5) is 0 Å². The maximum Gasteiger partial charge on any atom is 0.220 e. The Labute approximate surface area is 139 Å². The molecule has 2 heterocycles. The normalized spacial score (nSPS) is 10.8. The van der Waals surface area contributed by atoms with Crippen molar-refractivity contribution in [1.82, 2.24) is 19.9 Å². The number of nitrogens with one attached hydrogen (secondary N) is 1. The molecule has 0 atom stereocenters. The van der Waals surface area contributed by atoms with E-state index in [1.807, 2.05) is 36.5 Å². The second-order valence-electron chi connectivity index (χ2n) is 5.31. The summed E-state index contributed by atoms with van der Waals surface area (Å²) in [5.74, 6) is 0.0363. The fourth-order valence-corrected chi connectivity index (χ4v) is 2.51. The average molecular weight is 329 g/mol. The van der Waals surface area contributed by atoms with Gasteiger partial charge in [-0.05, 0) is 36.6 Å². The Kier molecular flexibility index (Phi) is 4.88. The van der Waals surface area contributed by atoms with Crippen molar-refractivity contribution in [1.29, 1.82) is 0 Å². The molecular weight excluding hydrogens is 312 g/mol. The van der Waals surface area contributed by atoms with E-state index in [2.05, 4.69) is 15.4 Å². The number of amides is 1. The van der Waals surface area contributed by atoms with Gasteiger partial charge in [-0.1, -0.05) is 23.7 Å². The summed E-state index contributed by atoms with van der Waals surface area (Å²) in [5.41, 5.74) is 2.87. The Morgan fingerprint density at radius 3 is 2.91 bits per heavy atom. The molecule has 3 rings (SSSR count). The van der Waals surface area contributed by atoms with Crippen molar-refractivity contribution in [3.8, 4) is 0 Å². The Morgan fingerprint density at radius 1 is 1.26 bits per heavy atom. The highest BCUT2D eigenvalue weighted by Gasteiger charge is 2.07. The lowest BCUT2D eigenvalue weighted by atomic mass is 10.1. The number of nitrogens with zero attached hydrogens (tertiary/aromatic N) is 3. The minimum Gasteiger partial charge on any atom is -0.352 e. The quantitative estimate of drug-likeness (QED) is 0.756. The monoisotopic (exact) mass is 328 g/mol. The van der Waals surface area contributed by atoms with Gasteiger partial charge in [0, 0.05) is 35.9 Å². The lowest BCUT2D eigenvalue weighted by molar-refractivity contribution is -0.121. The Bertz CT molecular complexity index is 798. The first-order valence-electron chi connectivity index (χ1n) is 7.51. The zero-order valence-corrected chi connectivity index (χ0v) is 13.3. The molecule has 1 aromatic carbocycles. The van der Waals surface area contributed by atoms with Gasteiger partial charge < -0.3 is 5.32 Å². The van der Waals surface area contributed by atoms with Crippen molar-refractivity contribution in [2.24, 2.45) is 0 Å². The highest BCUT2D eigenvalue weighted by atomic mass is 35.5. The first-order valence-corrected chi connectivity index (χ1v) is 7.88. The van der Waals surface area contributed by atoms with Gasteiger partial charge in [-0.15, -0.1) is 0 Å². The number of carbonyl (C=O) groups is 1. The molecule has 0 saturated carbocycles. The third-order valence-corrected chi connectivity index (χ3v) is 3.86. The summed E-state index contributed by atoms with van der Waals surface area (Å²) >= 11 is 5.85. The summed E-state index contributed by atoms with van der Waals surface area (Å²) in [5, 5.41) is 7.85. The van der Waals surface area contributed by atoms with E-state index in [1.54, 1.807) is 16.9 Å². The van der Waals surface area contributed by atoms with Crippen LogP contribution in [0.3, 0.4) is 0 Å². The molecule has 0 saturated heterocycles. The zero-order valence-electron chi connectivity index (χ0n) is 12.6. The number of hydrogen-bond acceptors (Lipinski definition) is 3. The molecule has 6 heteroatoms. The van der Waals surface area contributed by atoms with Crippen LogP contribution >= 0.6 is 11.6 Å². The highest BCUT2D eigenvalue weighted by molar-refractivity contribution is 6.30. The summed E-state index contributed by atoms with van der Waals surface area (Å²) in [6.45, 7) is 0.445. The lowest BCUT2D eigenvalue weighted by Gasteiger charge is -2.04. The molecule has 2 aromatic heterocycles. The van der Waals surface area contributed by atoms with E-state index in [0.717, 1.165) is 29.1 Å². The van der Waals surface area contributed by atoms with Gasteiger partial charge in [-0.25, -0.2) is 9.50 Å². The zero-order chi connectivity index (χ0) is 16.1. The number of halogens is 1. The number of rotatable bonds is 6. The van der Waals surface area contributed by atoms with E-state index < -0.39 is 0 Å². The molecule has 0 aliphatic heterocycles.